The molecule has 2 rings (SSSR count). The van der Waals surface area contributed by atoms with Crippen LogP contribution in [0.3, 0.4) is 0 Å². The molecule has 1 aromatic carbocycles. The highest BCUT2D eigenvalue weighted by atomic mass is 16.5. The summed E-state index contributed by atoms with van der Waals surface area (Å²) < 4.78 is 4.96. The van der Waals surface area contributed by atoms with Gasteiger partial charge in [0.05, 0.1) is 7.11 Å². The molecule has 5 heteroatoms. The topological polar surface area (TPSA) is 58.6 Å². The van der Waals surface area contributed by atoms with Crippen LogP contribution < -0.4 is 5.32 Å². The lowest BCUT2D eigenvalue weighted by molar-refractivity contribution is -0.146. The summed E-state index contributed by atoms with van der Waals surface area (Å²) in [5.41, 5.74) is 3.62. The smallest absolute Gasteiger partial charge is 0.323 e. The summed E-state index contributed by atoms with van der Waals surface area (Å²) in [5, 5.41) is 3.04. The Hall–Kier alpha value is -1.88. The molecule has 1 aliphatic heterocycles. The summed E-state index contributed by atoms with van der Waals surface area (Å²) >= 11 is 0. The van der Waals surface area contributed by atoms with E-state index in [9.17, 15) is 9.59 Å². The number of nitrogens with one attached hydrogen (secondary N) is 1. The molecule has 0 unspecified atom stereocenters. The Morgan fingerprint density at radius 1 is 1.33 bits per heavy atom. The predicted molar refractivity (Wildman–Crippen MR) is 93.5 cm³/mol. The van der Waals surface area contributed by atoms with Crippen LogP contribution in [0.25, 0.3) is 0 Å². The molecule has 1 saturated heterocycles. The van der Waals surface area contributed by atoms with Gasteiger partial charge in [-0.3, -0.25) is 14.5 Å². The second kappa shape index (κ2) is 7.79. The van der Waals surface area contributed by atoms with Crippen LogP contribution in [0, 0.1) is 19.8 Å². The maximum Gasteiger partial charge on any atom is 0.323 e. The van der Waals surface area contributed by atoms with Crippen LogP contribution in [-0.2, 0) is 20.9 Å². The molecule has 1 N–H and O–H groups in total. The number of aryl methyl sites for hydroxylation is 2. The van der Waals surface area contributed by atoms with Crippen molar-refractivity contribution in [3.8, 4) is 0 Å². The molecule has 1 amide bonds. The van der Waals surface area contributed by atoms with Crippen LogP contribution >= 0.6 is 0 Å². The van der Waals surface area contributed by atoms with Crippen molar-refractivity contribution in [2.75, 3.05) is 13.7 Å². The van der Waals surface area contributed by atoms with Crippen LogP contribution in [0.4, 0.5) is 0 Å². The Kier molecular flexibility index (Phi) is 5.99. The van der Waals surface area contributed by atoms with Crippen molar-refractivity contribution in [3.63, 3.8) is 0 Å². The Labute approximate surface area is 144 Å². The minimum absolute atomic E-state index is 0.0193. The summed E-state index contributed by atoms with van der Waals surface area (Å²) in [6, 6.07) is 6.02. The quantitative estimate of drug-likeness (QED) is 0.840. The summed E-state index contributed by atoms with van der Waals surface area (Å²) in [6.45, 7) is 9.23. The summed E-state index contributed by atoms with van der Waals surface area (Å²) in [5.74, 6) is -0.270. The molecule has 1 aromatic rings. The molecule has 0 radical (unpaired) electrons. The van der Waals surface area contributed by atoms with Crippen molar-refractivity contribution in [1.82, 2.24) is 10.2 Å². The molecule has 0 bridgehead atoms. The van der Waals surface area contributed by atoms with Gasteiger partial charge < -0.3 is 10.1 Å². The van der Waals surface area contributed by atoms with E-state index in [-0.39, 0.29) is 29.9 Å². The van der Waals surface area contributed by atoms with Crippen molar-refractivity contribution in [2.45, 2.75) is 52.7 Å². The third-order valence-corrected chi connectivity index (χ3v) is 4.63. The van der Waals surface area contributed by atoms with Crippen molar-refractivity contribution >= 4 is 11.9 Å². The zero-order valence-electron chi connectivity index (χ0n) is 15.3. The predicted octanol–water partition coefficient (Wildman–Crippen LogP) is 2.19. The molecule has 132 valence electrons. The summed E-state index contributed by atoms with van der Waals surface area (Å²) in [7, 11) is 1.42. The highest BCUT2D eigenvalue weighted by Gasteiger charge is 2.38. The number of likely N-dealkylation sites (tertiary alicyclic amines) is 1. The Bertz CT molecular complexity index is 613. The molecular weight excluding hydrogens is 304 g/mol. The van der Waals surface area contributed by atoms with E-state index < -0.39 is 0 Å². The number of methoxy groups -OCH3 is 1. The number of benzene rings is 1. The average molecular weight is 332 g/mol. The largest absolute Gasteiger partial charge is 0.468 e. The van der Waals surface area contributed by atoms with Gasteiger partial charge in [-0.1, -0.05) is 37.6 Å². The number of esters is 1. The number of rotatable bonds is 5. The van der Waals surface area contributed by atoms with E-state index >= 15 is 0 Å². The van der Waals surface area contributed by atoms with Crippen molar-refractivity contribution in [1.29, 1.82) is 0 Å². The fourth-order valence-electron chi connectivity index (χ4n) is 3.12. The molecule has 1 aliphatic rings. The van der Waals surface area contributed by atoms with Gasteiger partial charge >= 0.3 is 5.97 Å². The third-order valence-electron chi connectivity index (χ3n) is 4.63. The molecule has 0 aromatic heterocycles. The second-order valence-electron chi connectivity index (χ2n) is 6.99. The van der Waals surface area contributed by atoms with Gasteiger partial charge in [0, 0.05) is 25.0 Å². The first kappa shape index (κ1) is 18.5. The van der Waals surface area contributed by atoms with Crippen LogP contribution in [-0.4, -0.2) is 42.5 Å². The van der Waals surface area contributed by atoms with E-state index in [4.69, 9.17) is 4.74 Å². The zero-order chi connectivity index (χ0) is 17.9. The molecule has 0 spiro atoms. The van der Waals surface area contributed by atoms with E-state index in [2.05, 4.69) is 42.3 Å². The number of nitrogens with zero attached hydrogens (tertiary/aromatic N) is 1. The molecule has 2 atom stereocenters. The Morgan fingerprint density at radius 2 is 2.04 bits per heavy atom. The summed E-state index contributed by atoms with van der Waals surface area (Å²) in [6.07, 6.45) is 0.593. The van der Waals surface area contributed by atoms with Crippen molar-refractivity contribution < 1.29 is 14.3 Å². The molecule has 0 saturated carbocycles. The molecular formula is C19H28N2O3. The molecule has 1 fully saturated rings. The van der Waals surface area contributed by atoms with Gasteiger partial charge in [0.1, 0.15) is 6.04 Å². The van der Waals surface area contributed by atoms with E-state index in [1.54, 1.807) is 0 Å². The van der Waals surface area contributed by atoms with Gasteiger partial charge in [-0.2, -0.15) is 0 Å². The highest BCUT2D eigenvalue weighted by molar-refractivity contribution is 5.79. The molecule has 24 heavy (non-hydrogen) atoms. The van der Waals surface area contributed by atoms with E-state index in [1.165, 1.54) is 23.8 Å². The second-order valence-corrected chi connectivity index (χ2v) is 6.99. The fourth-order valence-corrected chi connectivity index (χ4v) is 3.12. The lowest BCUT2D eigenvalue weighted by Crippen LogP contribution is -2.39. The maximum atomic E-state index is 12.2. The van der Waals surface area contributed by atoms with Gasteiger partial charge in [-0.05, 0) is 31.4 Å². The van der Waals surface area contributed by atoms with Crippen LogP contribution in [0.1, 0.15) is 37.0 Å². The SMILES string of the molecule is COC(=O)[C@@H]1C[C@@H](NC(=O)C(C)C)CN1Cc1cc(C)ccc1C. The Balaban J connectivity index is 2.14. The van der Waals surface area contributed by atoms with Gasteiger partial charge in [-0.15, -0.1) is 0 Å². The number of ether oxygens (including phenoxy) is 1. The highest BCUT2D eigenvalue weighted by Crippen LogP contribution is 2.23. The summed E-state index contributed by atoms with van der Waals surface area (Å²) in [4.78, 5) is 26.2. The van der Waals surface area contributed by atoms with E-state index in [0.717, 1.165) is 0 Å². The van der Waals surface area contributed by atoms with Crippen molar-refractivity contribution in [3.05, 3.63) is 34.9 Å². The number of hydrogen-bond acceptors (Lipinski definition) is 4. The third kappa shape index (κ3) is 4.35. The standard InChI is InChI=1S/C19H28N2O3/c1-12(2)18(22)20-16-9-17(19(23)24-5)21(11-16)10-15-8-13(3)6-7-14(15)4/h6-8,12,16-17H,9-11H2,1-5H3,(H,20,22)/t16-,17+/m1/s1. The lowest BCUT2D eigenvalue weighted by Gasteiger charge is -2.23. The Morgan fingerprint density at radius 3 is 2.67 bits per heavy atom. The first-order chi connectivity index (χ1) is 11.3. The molecule has 1 heterocycles. The fraction of sp³-hybridized carbons (Fsp3) is 0.579. The van der Waals surface area contributed by atoms with Gasteiger partial charge in [-0.25, -0.2) is 0 Å². The molecule has 5 nitrogen and oxygen atoms in total. The minimum atomic E-state index is -0.313. The normalized spacial score (nSPS) is 21.1. The van der Waals surface area contributed by atoms with Crippen LogP contribution in [0.2, 0.25) is 0 Å². The van der Waals surface area contributed by atoms with E-state index in [0.29, 0.717) is 19.5 Å². The number of amides is 1. The number of carbonyl (C=O) groups is 2. The van der Waals surface area contributed by atoms with Gasteiger partial charge in [0.15, 0.2) is 0 Å². The van der Waals surface area contributed by atoms with Crippen LogP contribution in [0.15, 0.2) is 18.2 Å². The zero-order valence-corrected chi connectivity index (χ0v) is 15.3. The van der Waals surface area contributed by atoms with Crippen LogP contribution in [0.5, 0.6) is 0 Å². The number of hydrogen-bond donors (Lipinski definition) is 1. The number of carbonyl (C=O) groups excluding carboxylic acids is 2. The first-order valence-corrected chi connectivity index (χ1v) is 8.50. The van der Waals surface area contributed by atoms with E-state index in [1.807, 2.05) is 13.8 Å². The van der Waals surface area contributed by atoms with Gasteiger partial charge in [0.2, 0.25) is 5.91 Å². The monoisotopic (exact) mass is 332 g/mol. The first-order valence-electron chi connectivity index (χ1n) is 8.50. The average Bonchev–Trinajstić information content (AvgIpc) is 2.92. The van der Waals surface area contributed by atoms with Gasteiger partial charge in [0.25, 0.3) is 0 Å². The lowest BCUT2D eigenvalue weighted by atomic mass is 10.0. The maximum absolute atomic E-state index is 12.2. The minimum Gasteiger partial charge on any atom is -0.468 e. The molecule has 0 aliphatic carbocycles. The van der Waals surface area contributed by atoms with Crippen molar-refractivity contribution in [2.24, 2.45) is 5.92 Å².